The van der Waals surface area contributed by atoms with Crippen molar-refractivity contribution in [2.75, 3.05) is 26.4 Å². The summed E-state index contributed by atoms with van der Waals surface area (Å²) >= 11 is 0. The average Bonchev–Trinajstić information content (AvgIpc) is 2.28. The van der Waals surface area contributed by atoms with E-state index in [1.165, 1.54) is 0 Å². The Hall–Kier alpha value is -0.610. The lowest BCUT2D eigenvalue weighted by Gasteiger charge is -2.29. The lowest BCUT2D eigenvalue weighted by molar-refractivity contribution is -0.156. The van der Waals surface area contributed by atoms with Crippen molar-refractivity contribution in [2.45, 2.75) is 40.0 Å². The molecule has 0 bridgehead atoms. The van der Waals surface area contributed by atoms with Gasteiger partial charge in [0.2, 0.25) is 0 Å². The highest BCUT2D eigenvalue weighted by molar-refractivity contribution is 5.77. The van der Waals surface area contributed by atoms with Gasteiger partial charge in [0.25, 0.3) is 0 Å². The molecule has 0 aliphatic heterocycles. The zero-order valence-corrected chi connectivity index (χ0v) is 10.8. The van der Waals surface area contributed by atoms with Gasteiger partial charge in [-0.25, -0.2) is 0 Å². The highest BCUT2D eigenvalue weighted by atomic mass is 16.5. The van der Waals surface area contributed by atoms with Crippen LogP contribution >= 0.6 is 0 Å². The van der Waals surface area contributed by atoms with E-state index in [1.807, 2.05) is 20.8 Å². The van der Waals surface area contributed by atoms with E-state index in [0.29, 0.717) is 32.8 Å². The van der Waals surface area contributed by atoms with Crippen LogP contribution in [0.4, 0.5) is 0 Å². The van der Waals surface area contributed by atoms with Gasteiger partial charge in [-0.15, -0.1) is 0 Å². The minimum atomic E-state index is -0.556. The van der Waals surface area contributed by atoms with Gasteiger partial charge in [-0.1, -0.05) is 13.3 Å². The largest absolute Gasteiger partial charge is 0.466 e. The molecule has 0 radical (unpaired) electrons. The molecule has 4 heteroatoms. The number of nitrogens with two attached hydrogens (primary N) is 1. The molecule has 16 heavy (non-hydrogen) atoms. The van der Waals surface area contributed by atoms with E-state index in [4.69, 9.17) is 15.2 Å². The van der Waals surface area contributed by atoms with E-state index < -0.39 is 5.41 Å². The zero-order valence-electron chi connectivity index (χ0n) is 10.8. The van der Waals surface area contributed by atoms with Crippen molar-refractivity contribution < 1.29 is 14.3 Å². The van der Waals surface area contributed by atoms with Crippen molar-refractivity contribution in [2.24, 2.45) is 11.1 Å². The Labute approximate surface area is 98.5 Å². The van der Waals surface area contributed by atoms with Gasteiger partial charge in [0.1, 0.15) is 0 Å². The van der Waals surface area contributed by atoms with Gasteiger partial charge in [-0.05, 0) is 26.7 Å². The maximum atomic E-state index is 11.9. The maximum Gasteiger partial charge on any atom is 0.313 e. The Kier molecular flexibility index (Phi) is 8.21. The maximum absolute atomic E-state index is 11.9. The molecular formula is C12H25NO3. The van der Waals surface area contributed by atoms with Crippen molar-refractivity contribution in [3.63, 3.8) is 0 Å². The second-order valence-electron chi connectivity index (χ2n) is 3.90. The summed E-state index contributed by atoms with van der Waals surface area (Å²) in [4.78, 5) is 11.9. The highest BCUT2D eigenvalue weighted by Gasteiger charge is 2.37. The van der Waals surface area contributed by atoms with Gasteiger partial charge < -0.3 is 15.2 Å². The second kappa shape index (κ2) is 8.53. The standard InChI is InChI=1S/C12H25NO3/c1-4-7-12(10-13,8-9-15-5-2)11(14)16-6-3/h4-10,13H2,1-3H3. The molecule has 0 amide bonds. The first kappa shape index (κ1) is 15.4. The fraction of sp³-hybridized carbons (Fsp3) is 0.917. The Balaban J connectivity index is 4.49. The minimum Gasteiger partial charge on any atom is -0.466 e. The van der Waals surface area contributed by atoms with Gasteiger partial charge in [0.05, 0.1) is 12.0 Å². The number of hydrogen-bond acceptors (Lipinski definition) is 4. The first-order valence-electron chi connectivity index (χ1n) is 6.11. The first-order valence-corrected chi connectivity index (χ1v) is 6.11. The summed E-state index contributed by atoms with van der Waals surface area (Å²) in [5, 5.41) is 0. The molecule has 1 atom stereocenters. The van der Waals surface area contributed by atoms with Crippen LogP contribution in [0.2, 0.25) is 0 Å². The summed E-state index contributed by atoms with van der Waals surface area (Å²) < 4.78 is 10.4. The third-order valence-corrected chi connectivity index (χ3v) is 2.76. The fourth-order valence-corrected chi connectivity index (χ4v) is 1.79. The van der Waals surface area contributed by atoms with Crippen molar-refractivity contribution in [3.05, 3.63) is 0 Å². The Morgan fingerprint density at radius 2 is 1.88 bits per heavy atom. The van der Waals surface area contributed by atoms with E-state index in [0.717, 1.165) is 12.8 Å². The Bertz CT molecular complexity index is 197. The third kappa shape index (κ3) is 4.49. The summed E-state index contributed by atoms with van der Waals surface area (Å²) in [5.41, 5.74) is 5.20. The van der Waals surface area contributed by atoms with Crippen molar-refractivity contribution in [3.8, 4) is 0 Å². The number of rotatable bonds is 9. The van der Waals surface area contributed by atoms with Crippen LogP contribution in [0.15, 0.2) is 0 Å². The van der Waals surface area contributed by atoms with Crippen molar-refractivity contribution in [1.82, 2.24) is 0 Å². The molecule has 0 aromatic carbocycles. The summed E-state index contributed by atoms with van der Waals surface area (Å²) in [6.45, 7) is 7.75. The van der Waals surface area contributed by atoms with Crippen LogP contribution in [0.1, 0.15) is 40.0 Å². The summed E-state index contributed by atoms with van der Waals surface area (Å²) in [5.74, 6) is -0.181. The van der Waals surface area contributed by atoms with E-state index in [2.05, 4.69) is 0 Å². The molecule has 0 heterocycles. The minimum absolute atomic E-state index is 0.181. The quantitative estimate of drug-likeness (QED) is 0.485. The van der Waals surface area contributed by atoms with Gasteiger partial charge in [0.15, 0.2) is 0 Å². The molecule has 0 spiro atoms. The molecule has 0 rings (SSSR count). The molecule has 0 fully saturated rings. The first-order chi connectivity index (χ1) is 7.66. The number of esters is 1. The van der Waals surface area contributed by atoms with Crippen molar-refractivity contribution >= 4 is 5.97 Å². The number of carbonyl (C=O) groups excluding carboxylic acids is 1. The van der Waals surface area contributed by atoms with Crippen molar-refractivity contribution in [1.29, 1.82) is 0 Å². The van der Waals surface area contributed by atoms with E-state index in [9.17, 15) is 4.79 Å². The molecule has 96 valence electrons. The molecule has 0 saturated heterocycles. The van der Waals surface area contributed by atoms with Gasteiger partial charge >= 0.3 is 5.97 Å². The predicted octanol–water partition coefficient (Wildman–Crippen LogP) is 1.72. The van der Waals surface area contributed by atoms with Crippen LogP contribution in [0.5, 0.6) is 0 Å². The molecule has 2 N–H and O–H groups in total. The average molecular weight is 231 g/mol. The normalized spacial score (nSPS) is 14.5. The van der Waals surface area contributed by atoms with Crippen LogP contribution in [-0.2, 0) is 14.3 Å². The van der Waals surface area contributed by atoms with E-state index >= 15 is 0 Å². The lowest BCUT2D eigenvalue weighted by Crippen LogP contribution is -2.41. The highest BCUT2D eigenvalue weighted by Crippen LogP contribution is 2.29. The molecule has 0 aromatic heterocycles. The van der Waals surface area contributed by atoms with Gasteiger partial charge in [-0.2, -0.15) is 0 Å². The molecule has 0 aliphatic carbocycles. The summed E-state index contributed by atoms with van der Waals surface area (Å²) in [6, 6.07) is 0. The SMILES string of the molecule is CCCC(CN)(CCOCC)C(=O)OCC. The molecule has 0 saturated carbocycles. The second-order valence-corrected chi connectivity index (χ2v) is 3.90. The van der Waals surface area contributed by atoms with Crippen LogP contribution < -0.4 is 5.73 Å². The molecular weight excluding hydrogens is 206 g/mol. The topological polar surface area (TPSA) is 61.5 Å². The lowest BCUT2D eigenvalue weighted by atomic mass is 9.80. The molecule has 0 aliphatic rings. The molecule has 4 nitrogen and oxygen atoms in total. The van der Waals surface area contributed by atoms with Crippen LogP contribution in [0.3, 0.4) is 0 Å². The van der Waals surface area contributed by atoms with Crippen LogP contribution in [-0.4, -0.2) is 32.3 Å². The monoisotopic (exact) mass is 231 g/mol. The third-order valence-electron chi connectivity index (χ3n) is 2.76. The summed E-state index contributed by atoms with van der Waals surface area (Å²) in [6.07, 6.45) is 2.32. The molecule has 0 aromatic rings. The van der Waals surface area contributed by atoms with Crippen LogP contribution in [0.25, 0.3) is 0 Å². The predicted molar refractivity (Wildman–Crippen MR) is 64.1 cm³/mol. The Morgan fingerprint density at radius 3 is 2.31 bits per heavy atom. The molecule has 1 unspecified atom stereocenters. The number of carbonyl (C=O) groups is 1. The number of ether oxygens (including phenoxy) is 2. The number of hydrogen-bond donors (Lipinski definition) is 1. The van der Waals surface area contributed by atoms with Gasteiger partial charge in [0, 0.05) is 19.8 Å². The zero-order chi connectivity index (χ0) is 12.4. The van der Waals surface area contributed by atoms with Gasteiger partial charge in [-0.3, -0.25) is 4.79 Å². The van der Waals surface area contributed by atoms with Crippen LogP contribution in [0, 0.1) is 5.41 Å². The Morgan fingerprint density at radius 1 is 1.19 bits per heavy atom. The van der Waals surface area contributed by atoms with E-state index in [-0.39, 0.29) is 5.97 Å². The summed E-state index contributed by atoms with van der Waals surface area (Å²) in [7, 11) is 0. The van der Waals surface area contributed by atoms with E-state index in [1.54, 1.807) is 0 Å². The smallest absolute Gasteiger partial charge is 0.313 e. The fourth-order valence-electron chi connectivity index (χ4n) is 1.79.